The number of carbonyl (C=O) groups excluding carboxylic acids is 2. The lowest BCUT2D eigenvalue weighted by Crippen LogP contribution is -2.19. The predicted octanol–water partition coefficient (Wildman–Crippen LogP) is 5.14. The number of rotatable bonds is 9. The van der Waals surface area contributed by atoms with Gasteiger partial charge in [0.2, 0.25) is 11.8 Å². The van der Waals surface area contributed by atoms with Crippen molar-refractivity contribution >= 4 is 40.9 Å². The van der Waals surface area contributed by atoms with Gasteiger partial charge in [-0.15, -0.1) is 11.8 Å². The summed E-state index contributed by atoms with van der Waals surface area (Å²) < 4.78 is 5.23. The second-order valence-corrected chi connectivity index (χ2v) is 8.45. The molecule has 3 rings (SSSR count). The van der Waals surface area contributed by atoms with Gasteiger partial charge in [0.15, 0.2) is 0 Å². The molecule has 7 nitrogen and oxygen atoms in total. The summed E-state index contributed by atoms with van der Waals surface area (Å²) in [6.07, 6.45) is 1.03. The number of aliphatic carboxylic acids is 1. The highest BCUT2D eigenvalue weighted by molar-refractivity contribution is 8.00. The van der Waals surface area contributed by atoms with Gasteiger partial charge in [-0.2, -0.15) is 0 Å². The smallest absolute Gasteiger partial charge is 0.331 e. The van der Waals surface area contributed by atoms with Crippen LogP contribution < -0.4 is 15.4 Å². The van der Waals surface area contributed by atoms with Crippen LogP contribution in [0.3, 0.4) is 0 Å². The van der Waals surface area contributed by atoms with Crippen LogP contribution >= 0.6 is 11.8 Å². The Bertz CT molecular complexity index is 1190. The van der Waals surface area contributed by atoms with E-state index >= 15 is 0 Å². The average Bonchev–Trinajstić information content (AvgIpc) is 2.84. The summed E-state index contributed by atoms with van der Waals surface area (Å²) in [6, 6.07) is 23.6. The molecule has 0 aliphatic rings. The first kappa shape index (κ1) is 24.6. The summed E-state index contributed by atoms with van der Waals surface area (Å²) in [5.41, 5.74) is 1.94. The minimum absolute atomic E-state index is 0.0579. The number of carbonyl (C=O) groups is 3. The fraction of sp³-hybridized carbons (Fsp3) is 0.115. The first-order valence-electron chi connectivity index (χ1n) is 10.3. The van der Waals surface area contributed by atoms with E-state index < -0.39 is 17.1 Å². The molecule has 0 fully saturated rings. The molecule has 0 bridgehead atoms. The van der Waals surface area contributed by atoms with Gasteiger partial charge in [0.1, 0.15) is 11.0 Å². The van der Waals surface area contributed by atoms with Crippen molar-refractivity contribution in [2.24, 2.45) is 0 Å². The maximum Gasteiger partial charge on any atom is 0.331 e. The van der Waals surface area contributed by atoms with E-state index in [0.29, 0.717) is 17.1 Å². The molecule has 3 aromatic rings. The lowest BCUT2D eigenvalue weighted by Gasteiger charge is -2.17. The third-order valence-electron chi connectivity index (χ3n) is 4.74. The summed E-state index contributed by atoms with van der Waals surface area (Å²) >= 11 is 1.38. The number of hydrogen-bond donors (Lipinski definition) is 3. The molecule has 2 amide bonds. The Labute approximate surface area is 201 Å². The SMILES string of the molecule is COc1cccc(NC(=O)C(Sc2ccc(NC(=O)/C=C(\C)C(=O)O)cc2)c2ccccc2)c1. The highest BCUT2D eigenvalue weighted by Gasteiger charge is 2.22. The summed E-state index contributed by atoms with van der Waals surface area (Å²) in [5.74, 6) is -1.22. The average molecular weight is 477 g/mol. The van der Waals surface area contributed by atoms with Gasteiger partial charge in [0.25, 0.3) is 0 Å². The molecule has 8 heteroatoms. The largest absolute Gasteiger partial charge is 0.497 e. The van der Waals surface area contributed by atoms with Crippen LogP contribution in [0, 0.1) is 0 Å². The van der Waals surface area contributed by atoms with Crippen molar-refractivity contribution in [3.63, 3.8) is 0 Å². The van der Waals surface area contributed by atoms with Gasteiger partial charge in [-0.25, -0.2) is 4.79 Å². The molecule has 1 atom stereocenters. The lowest BCUT2D eigenvalue weighted by atomic mass is 10.1. The van der Waals surface area contributed by atoms with Crippen LogP contribution in [0.1, 0.15) is 17.7 Å². The van der Waals surface area contributed by atoms with Crippen LogP contribution in [0.2, 0.25) is 0 Å². The molecule has 174 valence electrons. The zero-order valence-corrected chi connectivity index (χ0v) is 19.5. The normalized spacial score (nSPS) is 11.9. The fourth-order valence-electron chi connectivity index (χ4n) is 3.00. The van der Waals surface area contributed by atoms with E-state index in [9.17, 15) is 14.4 Å². The highest BCUT2D eigenvalue weighted by atomic mass is 32.2. The first-order valence-corrected chi connectivity index (χ1v) is 11.2. The van der Waals surface area contributed by atoms with Gasteiger partial charge in [-0.05, 0) is 48.9 Å². The first-order chi connectivity index (χ1) is 16.4. The zero-order chi connectivity index (χ0) is 24.5. The van der Waals surface area contributed by atoms with Crippen LogP contribution in [0.5, 0.6) is 5.75 Å². The van der Waals surface area contributed by atoms with E-state index in [1.807, 2.05) is 30.3 Å². The maximum atomic E-state index is 13.2. The number of anilines is 2. The quantitative estimate of drug-likeness (QED) is 0.292. The van der Waals surface area contributed by atoms with Gasteiger partial charge in [0, 0.05) is 34.0 Å². The summed E-state index contributed by atoms with van der Waals surface area (Å²) in [4.78, 5) is 36.9. The van der Waals surface area contributed by atoms with Crippen LogP contribution in [0.25, 0.3) is 0 Å². The Balaban J connectivity index is 1.75. The minimum Gasteiger partial charge on any atom is -0.497 e. The Hall–Kier alpha value is -4.04. The Morgan fingerprint density at radius 2 is 1.62 bits per heavy atom. The topological polar surface area (TPSA) is 105 Å². The number of carboxylic acids is 1. The van der Waals surface area contributed by atoms with E-state index in [2.05, 4.69) is 10.6 Å². The van der Waals surface area contributed by atoms with Crippen LogP contribution in [0.15, 0.2) is 95.4 Å². The number of hydrogen-bond acceptors (Lipinski definition) is 5. The van der Waals surface area contributed by atoms with Gasteiger partial charge in [-0.3, -0.25) is 9.59 Å². The molecule has 3 aromatic carbocycles. The highest BCUT2D eigenvalue weighted by Crippen LogP contribution is 2.37. The van der Waals surface area contributed by atoms with Crippen LogP contribution in [-0.2, 0) is 14.4 Å². The van der Waals surface area contributed by atoms with Crippen molar-refractivity contribution in [3.8, 4) is 5.75 Å². The molecule has 0 radical (unpaired) electrons. The minimum atomic E-state index is -1.15. The van der Waals surface area contributed by atoms with Crippen LogP contribution in [0.4, 0.5) is 11.4 Å². The third kappa shape index (κ3) is 6.98. The molecule has 3 N–H and O–H groups in total. The van der Waals surface area contributed by atoms with Crippen LogP contribution in [-0.4, -0.2) is 30.0 Å². The summed E-state index contributed by atoms with van der Waals surface area (Å²) in [6.45, 7) is 1.35. The fourth-order valence-corrected chi connectivity index (χ4v) is 4.02. The van der Waals surface area contributed by atoms with Crippen molar-refractivity contribution in [2.45, 2.75) is 17.1 Å². The molecular weight excluding hydrogens is 452 g/mol. The molecule has 0 saturated carbocycles. The number of amides is 2. The number of methoxy groups -OCH3 is 1. The number of thioether (sulfide) groups is 1. The molecule has 1 unspecified atom stereocenters. The second-order valence-electron chi connectivity index (χ2n) is 7.28. The maximum absolute atomic E-state index is 13.2. The number of benzene rings is 3. The molecule has 0 spiro atoms. The van der Waals surface area contributed by atoms with E-state index in [-0.39, 0.29) is 11.5 Å². The van der Waals surface area contributed by atoms with E-state index in [1.165, 1.54) is 18.7 Å². The van der Waals surface area contributed by atoms with E-state index in [0.717, 1.165) is 16.5 Å². The molecule has 0 saturated heterocycles. The molecule has 0 aromatic heterocycles. The van der Waals surface area contributed by atoms with E-state index in [1.54, 1.807) is 55.6 Å². The van der Waals surface area contributed by atoms with Gasteiger partial charge in [-0.1, -0.05) is 36.4 Å². The molecule has 0 heterocycles. The number of carboxylic acid groups (broad SMARTS) is 1. The standard InChI is InChI=1S/C26H24N2O5S/c1-17(26(31)32)15-23(29)27-19-11-13-22(14-12-19)34-24(18-7-4-3-5-8-18)25(30)28-20-9-6-10-21(16-20)33-2/h3-16,24H,1-2H3,(H,27,29)(H,28,30)(H,31,32)/b17-15+. The van der Waals surface area contributed by atoms with Gasteiger partial charge < -0.3 is 20.5 Å². The molecule has 0 aliphatic heterocycles. The van der Waals surface area contributed by atoms with Crippen molar-refractivity contribution < 1.29 is 24.2 Å². The molecular formula is C26H24N2O5S. The van der Waals surface area contributed by atoms with Crippen molar-refractivity contribution in [1.82, 2.24) is 0 Å². The van der Waals surface area contributed by atoms with Gasteiger partial charge in [0.05, 0.1) is 7.11 Å². The Morgan fingerprint density at radius 3 is 2.26 bits per heavy atom. The van der Waals surface area contributed by atoms with Crippen molar-refractivity contribution in [1.29, 1.82) is 0 Å². The monoisotopic (exact) mass is 476 g/mol. The zero-order valence-electron chi connectivity index (χ0n) is 18.6. The van der Waals surface area contributed by atoms with E-state index in [4.69, 9.17) is 9.84 Å². The molecule has 34 heavy (non-hydrogen) atoms. The number of nitrogens with one attached hydrogen (secondary N) is 2. The summed E-state index contributed by atoms with van der Waals surface area (Å²) in [7, 11) is 1.57. The Morgan fingerprint density at radius 1 is 0.912 bits per heavy atom. The van der Waals surface area contributed by atoms with Gasteiger partial charge >= 0.3 is 5.97 Å². The Kier molecular flexibility index (Phi) is 8.48. The summed E-state index contributed by atoms with van der Waals surface area (Å²) in [5, 5.41) is 13.9. The third-order valence-corrected chi connectivity index (χ3v) is 6.00. The predicted molar refractivity (Wildman–Crippen MR) is 133 cm³/mol. The lowest BCUT2D eigenvalue weighted by molar-refractivity contribution is -0.132. The number of ether oxygens (including phenoxy) is 1. The second kappa shape index (κ2) is 11.7. The van der Waals surface area contributed by atoms with Crippen molar-refractivity contribution in [3.05, 3.63) is 96.1 Å². The van der Waals surface area contributed by atoms with Crippen molar-refractivity contribution in [2.75, 3.05) is 17.7 Å². The molecule has 0 aliphatic carbocycles.